The number of aromatic nitrogens is 2. The highest BCUT2D eigenvalue weighted by molar-refractivity contribution is 5.92. The highest BCUT2D eigenvalue weighted by atomic mass is 16.3. The average Bonchev–Trinajstić information content (AvgIpc) is 3.43. The van der Waals surface area contributed by atoms with E-state index < -0.39 is 0 Å². The largest absolute Gasteiger partial charge is 0.459 e. The van der Waals surface area contributed by atoms with E-state index in [-0.39, 0.29) is 24.1 Å². The van der Waals surface area contributed by atoms with Crippen molar-refractivity contribution in [2.75, 3.05) is 11.9 Å². The number of rotatable bonds is 8. The molecule has 0 radical (unpaired) electrons. The molecule has 4 rings (SSSR count). The number of benzene rings is 2. The van der Waals surface area contributed by atoms with Crippen LogP contribution in [-0.4, -0.2) is 27.9 Å². The summed E-state index contributed by atoms with van der Waals surface area (Å²) in [5.74, 6) is 0.605. The Morgan fingerprint density at radius 1 is 1.03 bits per heavy atom. The van der Waals surface area contributed by atoms with Gasteiger partial charge in [-0.15, -0.1) is 0 Å². The number of nitrogens with one attached hydrogen (secondary N) is 2. The number of hydrogen-bond acceptors (Lipinski definition) is 4. The van der Waals surface area contributed by atoms with E-state index in [1.807, 2.05) is 53.1 Å². The van der Waals surface area contributed by atoms with E-state index >= 15 is 0 Å². The van der Waals surface area contributed by atoms with Gasteiger partial charge in [-0.25, -0.2) is 4.98 Å². The Balaban J connectivity index is 1.49. The second-order valence-corrected chi connectivity index (χ2v) is 7.14. The summed E-state index contributed by atoms with van der Waals surface area (Å²) in [6, 6.07) is 18.8. The number of anilines is 1. The lowest BCUT2D eigenvalue weighted by atomic mass is 10.1. The summed E-state index contributed by atoms with van der Waals surface area (Å²) in [4.78, 5) is 29.6. The molecule has 158 valence electrons. The Hall–Kier alpha value is -3.87. The van der Waals surface area contributed by atoms with Crippen LogP contribution in [0, 0.1) is 0 Å². The van der Waals surface area contributed by atoms with Gasteiger partial charge in [-0.1, -0.05) is 37.3 Å². The molecule has 2 N–H and O–H groups in total. The van der Waals surface area contributed by atoms with Crippen molar-refractivity contribution >= 4 is 28.5 Å². The summed E-state index contributed by atoms with van der Waals surface area (Å²) >= 11 is 0. The molecule has 4 aromatic rings. The number of carbonyl (C=O) groups excluding carboxylic acids is 2. The van der Waals surface area contributed by atoms with E-state index in [1.54, 1.807) is 12.1 Å². The molecule has 0 aliphatic carbocycles. The Labute approximate surface area is 180 Å². The lowest BCUT2D eigenvalue weighted by Gasteiger charge is -2.12. The van der Waals surface area contributed by atoms with Gasteiger partial charge in [-0.05, 0) is 42.3 Å². The van der Waals surface area contributed by atoms with E-state index in [9.17, 15) is 9.59 Å². The SMILES string of the molecule is CCc1ccccc1NC(=O)Cn1c(CCNC(=O)c2ccco2)nc2ccccc21. The Kier molecular flexibility index (Phi) is 6.12. The van der Waals surface area contributed by atoms with Gasteiger partial charge < -0.3 is 19.6 Å². The van der Waals surface area contributed by atoms with Gasteiger partial charge in [-0.2, -0.15) is 0 Å². The number of carbonyl (C=O) groups is 2. The fraction of sp³-hybridized carbons (Fsp3) is 0.208. The molecule has 0 spiro atoms. The summed E-state index contributed by atoms with van der Waals surface area (Å²) in [5.41, 5.74) is 3.62. The minimum absolute atomic E-state index is 0.120. The van der Waals surface area contributed by atoms with Crippen molar-refractivity contribution in [3.8, 4) is 0 Å². The second-order valence-electron chi connectivity index (χ2n) is 7.14. The molecule has 0 bridgehead atoms. The highest BCUT2D eigenvalue weighted by Crippen LogP contribution is 2.18. The first-order chi connectivity index (χ1) is 15.2. The van der Waals surface area contributed by atoms with Crippen molar-refractivity contribution in [1.29, 1.82) is 0 Å². The average molecular weight is 416 g/mol. The molecule has 31 heavy (non-hydrogen) atoms. The number of imidazole rings is 1. The molecule has 7 heteroatoms. The molecule has 0 atom stereocenters. The zero-order chi connectivity index (χ0) is 21.6. The first-order valence-corrected chi connectivity index (χ1v) is 10.3. The van der Waals surface area contributed by atoms with E-state index in [0.29, 0.717) is 13.0 Å². The van der Waals surface area contributed by atoms with Gasteiger partial charge >= 0.3 is 0 Å². The summed E-state index contributed by atoms with van der Waals surface area (Å²) in [7, 11) is 0. The fourth-order valence-electron chi connectivity index (χ4n) is 3.56. The Bertz CT molecular complexity index is 1190. The fourth-order valence-corrected chi connectivity index (χ4v) is 3.56. The maximum Gasteiger partial charge on any atom is 0.286 e. The lowest BCUT2D eigenvalue weighted by Crippen LogP contribution is -2.27. The monoisotopic (exact) mass is 416 g/mol. The van der Waals surface area contributed by atoms with Crippen LogP contribution in [0.5, 0.6) is 0 Å². The maximum absolute atomic E-state index is 12.8. The van der Waals surface area contributed by atoms with Crippen LogP contribution < -0.4 is 10.6 Å². The first kappa shape index (κ1) is 20.4. The van der Waals surface area contributed by atoms with E-state index in [1.165, 1.54) is 6.26 Å². The van der Waals surface area contributed by atoms with E-state index in [2.05, 4.69) is 22.5 Å². The van der Waals surface area contributed by atoms with Crippen molar-refractivity contribution < 1.29 is 14.0 Å². The van der Waals surface area contributed by atoms with Gasteiger partial charge in [0.15, 0.2) is 5.76 Å². The second kappa shape index (κ2) is 9.30. The lowest BCUT2D eigenvalue weighted by molar-refractivity contribution is -0.116. The number of para-hydroxylation sites is 3. The molecular formula is C24H24N4O3. The first-order valence-electron chi connectivity index (χ1n) is 10.3. The summed E-state index contributed by atoms with van der Waals surface area (Å²) in [6.07, 6.45) is 2.79. The number of furan rings is 1. The van der Waals surface area contributed by atoms with Crippen molar-refractivity contribution in [1.82, 2.24) is 14.9 Å². The number of aryl methyl sites for hydroxylation is 1. The highest BCUT2D eigenvalue weighted by Gasteiger charge is 2.15. The molecule has 0 aliphatic heterocycles. The molecule has 7 nitrogen and oxygen atoms in total. The van der Waals surface area contributed by atoms with Gasteiger partial charge in [0.05, 0.1) is 17.3 Å². The van der Waals surface area contributed by atoms with Crippen LogP contribution in [0.3, 0.4) is 0 Å². The van der Waals surface area contributed by atoms with Crippen LogP contribution in [0.25, 0.3) is 11.0 Å². The van der Waals surface area contributed by atoms with Crippen molar-refractivity contribution in [3.63, 3.8) is 0 Å². The molecular weight excluding hydrogens is 392 g/mol. The third-order valence-corrected chi connectivity index (χ3v) is 5.09. The third kappa shape index (κ3) is 4.66. The minimum atomic E-state index is -0.276. The number of hydrogen-bond donors (Lipinski definition) is 2. The van der Waals surface area contributed by atoms with Gasteiger partial charge in [0, 0.05) is 18.7 Å². The van der Waals surface area contributed by atoms with Crippen LogP contribution in [0.15, 0.2) is 71.3 Å². The molecule has 2 aromatic carbocycles. The normalized spacial score (nSPS) is 10.9. The van der Waals surface area contributed by atoms with Crippen LogP contribution in [0.4, 0.5) is 5.69 Å². The maximum atomic E-state index is 12.8. The molecule has 2 aromatic heterocycles. The van der Waals surface area contributed by atoms with Crippen LogP contribution in [0.1, 0.15) is 28.9 Å². The van der Waals surface area contributed by atoms with Crippen molar-refractivity contribution in [2.45, 2.75) is 26.3 Å². The Morgan fingerprint density at radius 3 is 2.65 bits per heavy atom. The topological polar surface area (TPSA) is 89.2 Å². The van der Waals surface area contributed by atoms with E-state index in [0.717, 1.165) is 34.5 Å². The molecule has 2 amide bonds. The van der Waals surface area contributed by atoms with E-state index in [4.69, 9.17) is 4.42 Å². The zero-order valence-corrected chi connectivity index (χ0v) is 17.3. The van der Waals surface area contributed by atoms with Gasteiger partial charge in [0.2, 0.25) is 5.91 Å². The van der Waals surface area contributed by atoms with Gasteiger partial charge in [0.25, 0.3) is 5.91 Å². The predicted molar refractivity (Wildman–Crippen MR) is 119 cm³/mol. The number of nitrogens with zero attached hydrogens (tertiary/aromatic N) is 2. The molecule has 0 unspecified atom stereocenters. The van der Waals surface area contributed by atoms with Crippen LogP contribution in [-0.2, 0) is 24.2 Å². The van der Waals surface area contributed by atoms with Gasteiger partial charge in [0.1, 0.15) is 12.4 Å². The quantitative estimate of drug-likeness (QED) is 0.457. The molecule has 0 fully saturated rings. The molecule has 0 aliphatic rings. The molecule has 0 saturated heterocycles. The number of fused-ring (bicyclic) bond motifs is 1. The smallest absolute Gasteiger partial charge is 0.286 e. The predicted octanol–water partition coefficient (Wildman–Crippen LogP) is 3.80. The summed E-state index contributed by atoms with van der Waals surface area (Å²) in [6.45, 7) is 2.58. The van der Waals surface area contributed by atoms with Gasteiger partial charge in [-0.3, -0.25) is 9.59 Å². The standard InChI is InChI=1S/C24H24N4O3/c1-2-17-8-3-4-9-18(17)27-23(29)16-28-20-11-6-5-10-19(20)26-22(28)13-14-25-24(30)21-12-7-15-31-21/h3-12,15H,2,13-14,16H2,1H3,(H,25,30)(H,27,29). The van der Waals surface area contributed by atoms with Crippen molar-refractivity contribution in [3.05, 3.63) is 84.1 Å². The third-order valence-electron chi connectivity index (χ3n) is 5.09. The molecule has 2 heterocycles. The summed E-state index contributed by atoms with van der Waals surface area (Å²) < 4.78 is 7.01. The zero-order valence-electron chi connectivity index (χ0n) is 17.3. The number of amides is 2. The van der Waals surface area contributed by atoms with Crippen LogP contribution >= 0.6 is 0 Å². The molecule has 0 saturated carbocycles. The Morgan fingerprint density at radius 2 is 1.84 bits per heavy atom. The van der Waals surface area contributed by atoms with Crippen LogP contribution in [0.2, 0.25) is 0 Å². The minimum Gasteiger partial charge on any atom is -0.459 e. The van der Waals surface area contributed by atoms with Crippen molar-refractivity contribution in [2.24, 2.45) is 0 Å². The summed E-state index contributed by atoms with van der Waals surface area (Å²) in [5, 5.41) is 5.84.